The number of carbonyl (C=O) groups is 1. The zero-order valence-electron chi connectivity index (χ0n) is 10.2. The number of pyridine rings is 1. The van der Waals surface area contributed by atoms with Crippen molar-refractivity contribution in [3.63, 3.8) is 0 Å². The largest absolute Gasteiger partial charge is 0.394 e. The maximum Gasteiger partial charge on any atom is 0.264 e. The van der Waals surface area contributed by atoms with E-state index in [1.165, 1.54) is 11.3 Å². The molecule has 0 aromatic carbocycles. The molecule has 2 aromatic rings. The van der Waals surface area contributed by atoms with Crippen LogP contribution < -0.4 is 0 Å². The van der Waals surface area contributed by atoms with Gasteiger partial charge in [0, 0.05) is 12.7 Å². The van der Waals surface area contributed by atoms with Gasteiger partial charge in [-0.2, -0.15) is 0 Å². The van der Waals surface area contributed by atoms with Crippen LogP contribution in [0.2, 0.25) is 5.02 Å². The molecule has 0 unspecified atom stereocenters. The molecule has 1 fully saturated rings. The van der Waals surface area contributed by atoms with Crippen molar-refractivity contribution >= 4 is 39.1 Å². The van der Waals surface area contributed by atoms with Crippen LogP contribution in [0.15, 0.2) is 18.3 Å². The number of rotatable bonds is 2. The molecule has 3 heterocycles. The molecule has 1 aliphatic rings. The van der Waals surface area contributed by atoms with Gasteiger partial charge >= 0.3 is 0 Å². The minimum Gasteiger partial charge on any atom is -0.394 e. The first-order valence-electron chi connectivity index (χ1n) is 6.16. The summed E-state index contributed by atoms with van der Waals surface area (Å²) in [5.74, 6) is -0.0318. The lowest BCUT2D eigenvalue weighted by Gasteiger charge is -2.22. The van der Waals surface area contributed by atoms with Crippen molar-refractivity contribution in [1.29, 1.82) is 0 Å². The molecule has 0 saturated carbocycles. The van der Waals surface area contributed by atoms with E-state index in [9.17, 15) is 9.90 Å². The Morgan fingerprint density at radius 1 is 1.63 bits per heavy atom. The Labute approximate surface area is 119 Å². The zero-order chi connectivity index (χ0) is 13.4. The third-order valence-corrected chi connectivity index (χ3v) is 5.00. The Bertz CT molecular complexity index is 628. The summed E-state index contributed by atoms with van der Waals surface area (Å²) in [6.45, 7) is 0.731. The summed E-state index contributed by atoms with van der Waals surface area (Å²) in [6.07, 6.45) is 3.45. The van der Waals surface area contributed by atoms with Crippen molar-refractivity contribution in [3.8, 4) is 0 Å². The third kappa shape index (κ3) is 2.22. The van der Waals surface area contributed by atoms with Gasteiger partial charge < -0.3 is 10.0 Å². The van der Waals surface area contributed by atoms with E-state index < -0.39 is 0 Å². The van der Waals surface area contributed by atoms with Crippen LogP contribution in [-0.4, -0.2) is 40.1 Å². The fourth-order valence-corrected chi connectivity index (χ4v) is 3.69. The summed E-state index contributed by atoms with van der Waals surface area (Å²) in [4.78, 5) is 19.1. The fourth-order valence-electron chi connectivity index (χ4n) is 2.45. The lowest BCUT2D eigenvalue weighted by atomic mass is 10.2. The molecular formula is C13H13ClN2O2S. The number of nitrogens with zero attached hydrogens (tertiary/aromatic N) is 2. The lowest BCUT2D eigenvalue weighted by Crippen LogP contribution is -2.37. The molecule has 3 rings (SSSR count). The molecule has 0 bridgehead atoms. The molecule has 1 amide bonds. The molecule has 0 spiro atoms. The maximum atomic E-state index is 12.5. The van der Waals surface area contributed by atoms with Crippen molar-refractivity contribution in [2.24, 2.45) is 0 Å². The first-order valence-corrected chi connectivity index (χ1v) is 7.36. The summed E-state index contributed by atoms with van der Waals surface area (Å²) in [5.41, 5.74) is 0.751. The standard InChI is InChI=1S/C13H13ClN2O2S/c14-9-3-4-15-10-6-11(19-12(9)10)13(18)16-5-1-2-8(16)7-17/h3-4,6,8,17H,1-2,5,7H2/t8-/m0/s1. The maximum absolute atomic E-state index is 12.5. The van der Waals surface area contributed by atoms with Crippen LogP contribution in [0.3, 0.4) is 0 Å². The number of aromatic nitrogens is 1. The van der Waals surface area contributed by atoms with Crippen LogP contribution >= 0.6 is 22.9 Å². The fraction of sp³-hybridized carbons (Fsp3) is 0.385. The van der Waals surface area contributed by atoms with E-state index in [1.54, 1.807) is 23.2 Å². The second-order valence-corrected chi connectivity index (χ2v) is 6.05. The number of thiophene rings is 1. The number of fused-ring (bicyclic) bond motifs is 1. The van der Waals surface area contributed by atoms with Gasteiger partial charge in [-0.15, -0.1) is 11.3 Å². The minimum absolute atomic E-state index is 0.0235. The highest BCUT2D eigenvalue weighted by Crippen LogP contribution is 2.32. The molecule has 0 aliphatic carbocycles. The smallest absolute Gasteiger partial charge is 0.264 e. The van der Waals surface area contributed by atoms with Gasteiger partial charge in [0.25, 0.3) is 5.91 Å². The Kier molecular flexibility index (Phi) is 3.43. The Morgan fingerprint density at radius 2 is 2.47 bits per heavy atom. The van der Waals surface area contributed by atoms with Crippen LogP contribution in [0.1, 0.15) is 22.5 Å². The normalized spacial score (nSPS) is 19.3. The Morgan fingerprint density at radius 3 is 3.21 bits per heavy atom. The van der Waals surface area contributed by atoms with Gasteiger partial charge in [-0.3, -0.25) is 9.78 Å². The monoisotopic (exact) mass is 296 g/mol. The molecule has 1 aliphatic heterocycles. The van der Waals surface area contributed by atoms with Crippen molar-refractivity contribution in [3.05, 3.63) is 28.2 Å². The highest BCUT2D eigenvalue weighted by Gasteiger charge is 2.29. The number of likely N-dealkylation sites (tertiary alicyclic amines) is 1. The van der Waals surface area contributed by atoms with Crippen molar-refractivity contribution in [2.75, 3.05) is 13.2 Å². The van der Waals surface area contributed by atoms with Crippen molar-refractivity contribution in [1.82, 2.24) is 9.88 Å². The highest BCUT2D eigenvalue weighted by molar-refractivity contribution is 7.21. The second kappa shape index (κ2) is 5.07. The second-order valence-electron chi connectivity index (χ2n) is 4.59. The first-order chi connectivity index (χ1) is 9.20. The van der Waals surface area contributed by atoms with E-state index >= 15 is 0 Å². The minimum atomic E-state index is -0.0545. The summed E-state index contributed by atoms with van der Waals surface area (Å²) in [5, 5.41) is 9.91. The van der Waals surface area contributed by atoms with Crippen LogP contribution in [0, 0.1) is 0 Å². The van der Waals surface area contributed by atoms with Gasteiger partial charge in [-0.1, -0.05) is 11.6 Å². The van der Waals surface area contributed by atoms with Crippen LogP contribution in [0.25, 0.3) is 10.2 Å². The summed E-state index contributed by atoms with van der Waals surface area (Å²) >= 11 is 7.46. The molecule has 2 aromatic heterocycles. The SMILES string of the molecule is O=C(c1cc2nccc(Cl)c2s1)N1CCC[C@H]1CO. The van der Waals surface area contributed by atoms with E-state index in [0.29, 0.717) is 16.4 Å². The Balaban J connectivity index is 1.95. The number of hydrogen-bond donors (Lipinski definition) is 1. The Hall–Kier alpha value is -1.17. The molecule has 4 nitrogen and oxygen atoms in total. The molecular weight excluding hydrogens is 284 g/mol. The van der Waals surface area contributed by atoms with E-state index in [1.807, 2.05) is 0 Å². The lowest BCUT2D eigenvalue weighted by molar-refractivity contribution is 0.0682. The number of aliphatic hydroxyl groups excluding tert-OH is 1. The van der Waals surface area contributed by atoms with Gasteiger partial charge in [0.2, 0.25) is 0 Å². The van der Waals surface area contributed by atoms with E-state index in [0.717, 1.165) is 23.1 Å². The van der Waals surface area contributed by atoms with Crippen LogP contribution in [0.5, 0.6) is 0 Å². The number of hydrogen-bond acceptors (Lipinski definition) is 4. The predicted octanol–water partition coefficient (Wildman–Crippen LogP) is 2.55. The molecule has 0 radical (unpaired) electrons. The number of halogens is 1. The van der Waals surface area contributed by atoms with E-state index in [-0.39, 0.29) is 18.6 Å². The van der Waals surface area contributed by atoms with E-state index in [4.69, 9.17) is 11.6 Å². The average molecular weight is 297 g/mol. The zero-order valence-corrected chi connectivity index (χ0v) is 11.7. The molecule has 1 N–H and O–H groups in total. The van der Waals surface area contributed by atoms with Crippen molar-refractivity contribution < 1.29 is 9.90 Å². The molecule has 1 saturated heterocycles. The highest BCUT2D eigenvalue weighted by atomic mass is 35.5. The third-order valence-electron chi connectivity index (χ3n) is 3.42. The summed E-state index contributed by atoms with van der Waals surface area (Å²) in [6, 6.07) is 3.45. The van der Waals surface area contributed by atoms with Crippen LogP contribution in [-0.2, 0) is 0 Å². The summed E-state index contributed by atoms with van der Waals surface area (Å²) in [7, 11) is 0. The summed E-state index contributed by atoms with van der Waals surface area (Å²) < 4.78 is 0.840. The number of amides is 1. The van der Waals surface area contributed by atoms with Gasteiger partial charge in [0.05, 0.1) is 32.8 Å². The molecule has 1 atom stereocenters. The van der Waals surface area contributed by atoms with Gasteiger partial charge in [0.15, 0.2) is 0 Å². The number of carbonyl (C=O) groups excluding carboxylic acids is 1. The van der Waals surface area contributed by atoms with E-state index in [2.05, 4.69) is 4.98 Å². The van der Waals surface area contributed by atoms with Crippen molar-refractivity contribution in [2.45, 2.75) is 18.9 Å². The quantitative estimate of drug-likeness (QED) is 0.926. The van der Waals surface area contributed by atoms with Gasteiger partial charge in [-0.25, -0.2) is 0 Å². The molecule has 6 heteroatoms. The van der Waals surface area contributed by atoms with Crippen LogP contribution in [0.4, 0.5) is 0 Å². The van der Waals surface area contributed by atoms with Gasteiger partial charge in [0.1, 0.15) is 0 Å². The van der Waals surface area contributed by atoms with Gasteiger partial charge in [-0.05, 0) is 25.0 Å². The predicted molar refractivity (Wildman–Crippen MR) is 75.8 cm³/mol. The first kappa shape index (κ1) is 12.8. The molecule has 19 heavy (non-hydrogen) atoms. The molecule has 100 valence electrons. The average Bonchev–Trinajstić information content (AvgIpc) is 3.04. The topological polar surface area (TPSA) is 53.4 Å². The number of aliphatic hydroxyl groups is 1.